The van der Waals surface area contributed by atoms with Gasteiger partial charge in [-0.1, -0.05) is 0 Å². The highest BCUT2D eigenvalue weighted by molar-refractivity contribution is 5.94. The van der Waals surface area contributed by atoms with Crippen LogP contribution >= 0.6 is 0 Å². The molecule has 2 amide bonds. The van der Waals surface area contributed by atoms with E-state index in [2.05, 4.69) is 5.32 Å². The minimum Gasteiger partial charge on any atom is -0.348 e. The van der Waals surface area contributed by atoms with Gasteiger partial charge in [0.05, 0.1) is 0 Å². The normalized spacial score (nSPS) is 21.5. The number of piperidine rings is 1. The Balaban J connectivity index is 2.07. The summed E-state index contributed by atoms with van der Waals surface area (Å²) in [4.78, 5) is 24.1. The molecule has 1 fully saturated rings. The number of benzene rings is 1. The molecular weight excluding hydrogens is 335 g/mol. The maximum atomic E-state index is 13.1. The molecule has 4 nitrogen and oxygen atoms in total. The van der Waals surface area contributed by atoms with Crippen LogP contribution in [-0.4, -0.2) is 41.5 Å². The molecular formula is C15H15F5N2O2. The van der Waals surface area contributed by atoms with Gasteiger partial charge in [-0.3, -0.25) is 9.59 Å². The fraction of sp³-hybridized carbons (Fsp3) is 0.467. The predicted molar refractivity (Wildman–Crippen MR) is 74.1 cm³/mol. The Morgan fingerprint density at radius 1 is 1.17 bits per heavy atom. The van der Waals surface area contributed by atoms with Gasteiger partial charge in [0.15, 0.2) is 11.6 Å². The molecule has 0 radical (unpaired) electrons. The van der Waals surface area contributed by atoms with Crippen molar-refractivity contribution in [2.45, 2.75) is 38.0 Å². The van der Waals surface area contributed by atoms with Crippen LogP contribution < -0.4 is 5.32 Å². The SMILES string of the molecule is CC(=O)N1C[C@@H](NC(=O)c2ccc(F)c(F)c2)CC[C@@H]1C(F)(F)F. The van der Waals surface area contributed by atoms with Crippen LogP contribution in [0.3, 0.4) is 0 Å². The fourth-order valence-corrected chi connectivity index (χ4v) is 2.68. The number of carbonyl (C=O) groups excluding carboxylic acids is 2. The van der Waals surface area contributed by atoms with Crippen LogP contribution in [0, 0.1) is 11.6 Å². The highest BCUT2D eigenvalue weighted by Crippen LogP contribution is 2.32. The van der Waals surface area contributed by atoms with Crippen molar-refractivity contribution in [2.24, 2.45) is 0 Å². The summed E-state index contributed by atoms with van der Waals surface area (Å²) in [5, 5.41) is 2.45. The molecule has 1 aliphatic rings. The molecule has 0 aromatic heterocycles. The van der Waals surface area contributed by atoms with E-state index in [9.17, 15) is 31.5 Å². The molecule has 0 aliphatic carbocycles. The van der Waals surface area contributed by atoms with Crippen LogP contribution in [0.15, 0.2) is 18.2 Å². The molecule has 1 saturated heterocycles. The number of likely N-dealkylation sites (tertiary alicyclic amines) is 1. The van der Waals surface area contributed by atoms with E-state index in [4.69, 9.17) is 0 Å². The first-order valence-corrected chi connectivity index (χ1v) is 7.19. The molecule has 1 heterocycles. The van der Waals surface area contributed by atoms with Gasteiger partial charge in [0.25, 0.3) is 5.91 Å². The summed E-state index contributed by atoms with van der Waals surface area (Å²) >= 11 is 0. The molecule has 2 atom stereocenters. The predicted octanol–water partition coefficient (Wildman–Crippen LogP) is 2.64. The Bertz CT molecular complexity index is 647. The Morgan fingerprint density at radius 2 is 1.83 bits per heavy atom. The first-order chi connectivity index (χ1) is 11.1. The summed E-state index contributed by atoms with van der Waals surface area (Å²) in [6.07, 6.45) is -4.87. The second-order valence-electron chi connectivity index (χ2n) is 5.61. The standard InChI is InChI=1S/C15H15F5N2O2/c1-8(23)22-7-10(3-5-13(22)15(18,19)20)21-14(24)9-2-4-11(16)12(17)6-9/h2,4,6,10,13H,3,5,7H2,1H3,(H,21,24)/t10-,13+/m0/s1. The van der Waals surface area contributed by atoms with E-state index in [-0.39, 0.29) is 24.9 Å². The average molecular weight is 350 g/mol. The summed E-state index contributed by atoms with van der Waals surface area (Å²) in [5.41, 5.74) is -0.152. The molecule has 1 aromatic carbocycles. The topological polar surface area (TPSA) is 49.4 Å². The van der Waals surface area contributed by atoms with Crippen molar-refractivity contribution in [3.8, 4) is 0 Å². The molecule has 24 heavy (non-hydrogen) atoms. The van der Waals surface area contributed by atoms with E-state index < -0.39 is 41.7 Å². The van der Waals surface area contributed by atoms with Crippen molar-refractivity contribution < 1.29 is 31.5 Å². The summed E-state index contributed by atoms with van der Waals surface area (Å²) in [6, 6.07) is -0.0289. The van der Waals surface area contributed by atoms with Crippen LogP contribution in [0.4, 0.5) is 22.0 Å². The van der Waals surface area contributed by atoms with Gasteiger partial charge >= 0.3 is 6.18 Å². The Labute approximate surface area is 134 Å². The van der Waals surface area contributed by atoms with Gasteiger partial charge in [-0.15, -0.1) is 0 Å². The van der Waals surface area contributed by atoms with E-state index in [0.717, 1.165) is 19.1 Å². The monoisotopic (exact) mass is 350 g/mol. The number of carbonyl (C=O) groups is 2. The molecule has 1 aliphatic heterocycles. The zero-order valence-corrected chi connectivity index (χ0v) is 12.7. The maximum Gasteiger partial charge on any atom is 0.408 e. The fourth-order valence-electron chi connectivity index (χ4n) is 2.68. The lowest BCUT2D eigenvalue weighted by Crippen LogP contribution is -2.57. The van der Waals surface area contributed by atoms with Crippen LogP contribution in [0.1, 0.15) is 30.1 Å². The minimum absolute atomic E-state index is 0.0172. The number of rotatable bonds is 2. The summed E-state index contributed by atoms with van der Waals surface area (Å²) in [5.74, 6) is -3.80. The number of hydrogen-bond acceptors (Lipinski definition) is 2. The molecule has 0 unspecified atom stereocenters. The van der Waals surface area contributed by atoms with E-state index in [1.165, 1.54) is 0 Å². The molecule has 0 saturated carbocycles. The Hall–Kier alpha value is -2.19. The third kappa shape index (κ3) is 4.01. The van der Waals surface area contributed by atoms with Crippen LogP contribution in [-0.2, 0) is 4.79 Å². The van der Waals surface area contributed by atoms with E-state index >= 15 is 0 Å². The van der Waals surface area contributed by atoms with Crippen molar-refractivity contribution in [1.29, 1.82) is 0 Å². The second kappa shape index (κ2) is 6.74. The molecule has 0 spiro atoms. The number of nitrogens with zero attached hydrogens (tertiary/aromatic N) is 1. The van der Waals surface area contributed by atoms with Crippen LogP contribution in [0.2, 0.25) is 0 Å². The lowest BCUT2D eigenvalue weighted by atomic mass is 9.97. The van der Waals surface area contributed by atoms with Crippen LogP contribution in [0.25, 0.3) is 0 Å². The number of alkyl halides is 3. The van der Waals surface area contributed by atoms with E-state index in [0.29, 0.717) is 11.0 Å². The van der Waals surface area contributed by atoms with E-state index in [1.54, 1.807) is 0 Å². The molecule has 2 rings (SSSR count). The number of halogens is 5. The largest absolute Gasteiger partial charge is 0.408 e. The summed E-state index contributed by atoms with van der Waals surface area (Å²) in [6.45, 7) is 0.729. The second-order valence-corrected chi connectivity index (χ2v) is 5.61. The number of nitrogens with one attached hydrogen (secondary N) is 1. The van der Waals surface area contributed by atoms with Crippen molar-refractivity contribution in [1.82, 2.24) is 10.2 Å². The highest BCUT2D eigenvalue weighted by Gasteiger charge is 2.47. The van der Waals surface area contributed by atoms with Gasteiger partial charge in [0, 0.05) is 25.1 Å². The van der Waals surface area contributed by atoms with Crippen LogP contribution in [0.5, 0.6) is 0 Å². The molecule has 0 bridgehead atoms. The molecule has 9 heteroatoms. The first kappa shape index (κ1) is 18.2. The van der Waals surface area contributed by atoms with Crippen molar-refractivity contribution in [3.05, 3.63) is 35.4 Å². The molecule has 1 aromatic rings. The zero-order valence-electron chi connectivity index (χ0n) is 12.7. The summed E-state index contributed by atoms with van der Waals surface area (Å²) in [7, 11) is 0. The Kier molecular flexibility index (Phi) is 5.10. The third-order valence-corrected chi connectivity index (χ3v) is 3.88. The van der Waals surface area contributed by atoms with Gasteiger partial charge < -0.3 is 10.2 Å². The third-order valence-electron chi connectivity index (χ3n) is 3.88. The van der Waals surface area contributed by atoms with Gasteiger partial charge in [-0.05, 0) is 31.0 Å². The Morgan fingerprint density at radius 3 is 2.38 bits per heavy atom. The van der Waals surface area contributed by atoms with Gasteiger partial charge in [-0.2, -0.15) is 13.2 Å². The zero-order chi connectivity index (χ0) is 18.1. The van der Waals surface area contributed by atoms with Gasteiger partial charge in [-0.25, -0.2) is 8.78 Å². The van der Waals surface area contributed by atoms with Crippen molar-refractivity contribution in [2.75, 3.05) is 6.54 Å². The maximum absolute atomic E-state index is 13.1. The summed E-state index contributed by atoms with van der Waals surface area (Å²) < 4.78 is 64.8. The molecule has 132 valence electrons. The average Bonchev–Trinajstić information content (AvgIpc) is 2.48. The van der Waals surface area contributed by atoms with E-state index in [1.807, 2.05) is 0 Å². The van der Waals surface area contributed by atoms with Crippen molar-refractivity contribution in [3.63, 3.8) is 0 Å². The van der Waals surface area contributed by atoms with Gasteiger partial charge in [0.1, 0.15) is 6.04 Å². The quantitative estimate of drug-likeness (QED) is 0.834. The minimum atomic E-state index is -4.54. The lowest BCUT2D eigenvalue weighted by Gasteiger charge is -2.40. The first-order valence-electron chi connectivity index (χ1n) is 7.19. The lowest BCUT2D eigenvalue weighted by molar-refractivity contribution is -0.196. The van der Waals surface area contributed by atoms with Gasteiger partial charge in [0.2, 0.25) is 5.91 Å². The number of amides is 2. The van der Waals surface area contributed by atoms with Crippen molar-refractivity contribution >= 4 is 11.8 Å². The molecule has 1 N–H and O–H groups in total. The number of hydrogen-bond donors (Lipinski definition) is 1. The smallest absolute Gasteiger partial charge is 0.348 e. The highest BCUT2D eigenvalue weighted by atomic mass is 19.4.